The van der Waals surface area contributed by atoms with Gasteiger partial charge in [-0.3, -0.25) is 0 Å². The summed E-state index contributed by atoms with van der Waals surface area (Å²) in [5.41, 5.74) is 0. The largest absolute Gasteiger partial charge is 0.497 e. The molecule has 0 fully saturated rings. The number of benzene rings is 1. The molecule has 19 heavy (non-hydrogen) atoms. The summed E-state index contributed by atoms with van der Waals surface area (Å²) in [6.07, 6.45) is -0.476. The van der Waals surface area contributed by atoms with Crippen LogP contribution in [0.5, 0.6) is 11.5 Å². The van der Waals surface area contributed by atoms with Crippen LogP contribution in [0.4, 0.5) is 0 Å². The van der Waals surface area contributed by atoms with E-state index in [0.29, 0.717) is 18.9 Å². The Bertz CT molecular complexity index is 345. The van der Waals surface area contributed by atoms with E-state index in [2.05, 4.69) is 18.7 Å². The number of likely N-dealkylation sites (N-methyl/N-ethyl adjacent to an activating group) is 1. The first kappa shape index (κ1) is 18.0. The molecular formula is C14H24ClNO3. The minimum absolute atomic E-state index is 0. The van der Waals surface area contributed by atoms with E-state index in [4.69, 9.17) is 9.47 Å². The number of methoxy groups -OCH3 is 1. The van der Waals surface area contributed by atoms with Crippen LogP contribution in [0.3, 0.4) is 0 Å². The Kier molecular flexibility index (Phi) is 9.39. The zero-order valence-corrected chi connectivity index (χ0v) is 12.7. The Morgan fingerprint density at radius 1 is 1.21 bits per heavy atom. The van der Waals surface area contributed by atoms with Crippen LogP contribution in [0.25, 0.3) is 0 Å². The molecule has 0 amide bonds. The highest BCUT2D eigenvalue weighted by atomic mass is 35.5. The second-order valence-electron chi connectivity index (χ2n) is 4.13. The molecule has 0 aliphatic rings. The minimum Gasteiger partial charge on any atom is -0.497 e. The number of nitrogens with zero attached hydrogens (tertiary/aromatic N) is 1. The Morgan fingerprint density at radius 3 is 2.42 bits per heavy atom. The van der Waals surface area contributed by atoms with E-state index < -0.39 is 6.10 Å². The molecule has 4 nitrogen and oxygen atoms in total. The van der Waals surface area contributed by atoms with E-state index in [1.165, 1.54) is 0 Å². The van der Waals surface area contributed by atoms with Gasteiger partial charge in [-0.05, 0) is 25.2 Å². The number of aliphatic hydroxyl groups is 1. The molecule has 1 atom stereocenters. The van der Waals surface area contributed by atoms with Gasteiger partial charge in [-0.2, -0.15) is 0 Å². The van der Waals surface area contributed by atoms with Crippen LogP contribution in [0.15, 0.2) is 24.3 Å². The lowest BCUT2D eigenvalue weighted by Crippen LogP contribution is -2.35. The quantitative estimate of drug-likeness (QED) is 0.797. The van der Waals surface area contributed by atoms with Crippen molar-refractivity contribution in [2.45, 2.75) is 20.0 Å². The third kappa shape index (κ3) is 6.66. The van der Waals surface area contributed by atoms with Gasteiger partial charge in [0.25, 0.3) is 0 Å². The number of aliphatic hydroxyl groups excluding tert-OH is 1. The van der Waals surface area contributed by atoms with Crippen molar-refractivity contribution in [1.29, 1.82) is 0 Å². The van der Waals surface area contributed by atoms with Gasteiger partial charge in [0.2, 0.25) is 0 Å². The van der Waals surface area contributed by atoms with Gasteiger partial charge in [-0.1, -0.05) is 19.9 Å². The first-order chi connectivity index (χ1) is 8.69. The van der Waals surface area contributed by atoms with E-state index in [1.807, 2.05) is 24.3 Å². The number of hydrogen-bond donors (Lipinski definition) is 1. The molecule has 0 saturated heterocycles. The Morgan fingerprint density at radius 2 is 1.84 bits per heavy atom. The average Bonchev–Trinajstić information content (AvgIpc) is 2.42. The van der Waals surface area contributed by atoms with Crippen molar-refractivity contribution in [2.75, 3.05) is 33.4 Å². The monoisotopic (exact) mass is 289 g/mol. The molecule has 0 aliphatic heterocycles. The number of hydrogen-bond acceptors (Lipinski definition) is 4. The van der Waals surface area contributed by atoms with E-state index in [-0.39, 0.29) is 12.4 Å². The van der Waals surface area contributed by atoms with E-state index >= 15 is 0 Å². The summed E-state index contributed by atoms with van der Waals surface area (Å²) >= 11 is 0. The molecule has 0 radical (unpaired) electrons. The van der Waals surface area contributed by atoms with Crippen molar-refractivity contribution in [3.05, 3.63) is 24.3 Å². The summed E-state index contributed by atoms with van der Waals surface area (Å²) in [4.78, 5) is 2.17. The van der Waals surface area contributed by atoms with Crippen molar-refractivity contribution < 1.29 is 14.6 Å². The van der Waals surface area contributed by atoms with Crippen LogP contribution in [0.1, 0.15) is 13.8 Å². The Balaban J connectivity index is 0.00000324. The van der Waals surface area contributed by atoms with E-state index in [9.17, 15) is 5.11 Å². The Hall–Kier alpha value is -0.970. The number of ether oxygens (including phenoxy) is 2. The zero-order valence-electron chi connectivity index (χ0n) is 11.8. The van der Waals surface area contributed by atoms with Gasteiger partial charge in [0, 0.05) is 12.6 Å². The van der Waals surface area contributed by atoms with Crippen molar-refractivity contribution in [2.24, 2.45) is 0 Å². The molecular weight excluding hydrogens is 266 g/mol. The highest BCUT2D eigenvalue weighted by Crippen LogP contribution is 2.18. The molecule has 0 aromatic heterocycles. The smallest absolute Gasteiger partial charge is 0.123 e. The molecule has 0 bridgehead atoms. The lowest BCUT2D eigenvalue weighted by atomic mass is 10.3. The molecule has 0 heterocycles. The molecule has 0 saturated carbocycles. The van der Waals surface area contributed by atoms with Gasteiger partial charge in [-0.15, -0.1) is 12.4 Å². The molecule has 1 rings (SSSR count). The maximum Gasteiger partial charge on any atom is 0.123 e. The molecule has 1 unspecified atom stereocenters. The topological polar surface area (TPSA) is 41.9 Å². The summed E-state index contributed by atoms with van der Waals surface area (Å²) in [5.74, 6) is 1.47. The maximum absolute atomic E-state index is 9.87. The predicted octanol–water partition coefficient (Wildman–Crippen LogP) is 2.20. The van der Waals surface area contributed by atoms with Crippen LogP contribution in [-0.4, -0.2) is 49.5 Å². The Labute approximate surface area is 121 Å². The second-order valence-corrected chi connectivity index (χ2v) is 4.13. The average molecular weight is 290 g/mol. The summed E-state index contributed by atoms with van der Waals surface area (Å²) in [7, 11) is 1.62. The molecule has 1 N–H and O–H groups in total. The van der Waals surface area contributed by atoms with Crippen LogP contribution in [0, 0.1) is 0 Å². The van der Waals surface area contributed by atoms with Crippen LogP contribution < -0.4 is 9.47 Å². The van der Waals surface area contributed by atoms with Crippen molar-refractivity contribution in [1.82, 2.24) is 4.90 Å². The van der Waals surface area contributed by atoms with Crippen molar-refractivity contribution in [3.8, 4) is 11.5 Å². The number of halogens is 1. The summed E-state index contributed by atoms with van der Waals surface area (Å²) in [5, 5.41) is 9.87. The van der Waals surface area contributed by atoms with Gasteiger partial charge < -0.3 is 19.5 Å². The van der Waals surface area contributed by atoms with Crippen LogP contribution in [-0.2, 0) is 0 Å². The molecule has 1 aromatic carbocycles. The van der Waals surface area contributed by atoms with Crippen LogP contribution in [0.2, 0.25) is 0 Å². The van der Waals surface area contributed by atoms with Crippen LogP contribution >= 0.6 is 12.4 Å². The fourth-order valence-corrected chi connectivity index (χ4v) is 1.72. The molecule has 0 aliphatic carbocycles. The fourth-order valence-electron chi connectivity index (χ4n) is 1.72. The molecule has 110 valence electrons. The molecule has 1 aromatic rings. The minimum atomic E-state index is -0.476. The van der Waals surface area contributed by atoms with Gasteiger partial charge >= 0.3 is 0 Å². The van der Waals surface area contributed by atoms with E-state index in [1.54, 1.807) is 7.11 Å². The summed E-state index contributed by atoms with van der Waals surface area (Å²) < 4.78 is 10.7. The lowest BCUT2D eigenvalue weighted by molar-refractivity contribution is 0.0715. The summed E-state index contributed by atoms with van der Waals surface area (Å²) in [6.45, 7) is 6.97. The van der Waals surface area contributed by atoms with Crippen molar-refractivity contribution in [3.63, 3.8) is 0 Å². The lowest BCUT2D eigenvalue weighted by Gasteiger charge is -2.21. The highest BCUT2D eigenvalue weighted by Gasteiger charge is 2.09. The first-order valence-electron chi connectivity index (χ1n) is 6.36. The predicted molar refractivity (Wildman–Crippen MR) is 79.5 cm³/mol. The zero-order chi connectivity index (χ0) is 13.4. The standard InChI is InChI=1S/C14H23NO3.ClH/c1-4-15(5-2)10-12(16)11-18-14-8-6-7-13(9-14)17-3;/h6-9,12,16H,4-5,10-11H2,1-3H3;1H. The van der Waals surface area contributed by atoms with Gasteiger partial charge in [0.05, 0.1) is 7.11 Å². The third-order valence-corrected chi connectivity index (χ3v) is 2.85. The fraction of sp³-hybridized carbons (Fsp3) is 0.571. The third-order valence-electron chi connectivity index (χ3n) is 2.85. The van der Waals surface area contributed by atoms with Crippen molar-refractivity contribution >= 4 is 12.4 Å². The molecule has 0 spiro atoms. The van der Waals surface area contributed by atoms with Gasteiger partial charge in [0.15, 0.2) is 0 Å². The highest BCUT2D eigenvalue weighted by molar-refractivity contribution is 5.85. The summed E-state index contributed by atoms with van der Waals surface area (Å²) in [6, 6.07) is 7.39. The first-order valence-corrected chi connectivity index (χ1v) is 6.36. The number of rotatable bonds is 8. The van der Waals surface area contributed by atoms with E-state index in [0.717, 1.165) is 18.8 Å². The maximum atomic E-state index is 9.87. The SMILES string of the molecule is CCN(CC)CC(O)COc1cccc(OC)c1.Cl. The normalized spacial score (nSPS) is 11.8. The van der Waals surface area contributed by atoms with Gasteiger partial charge in [0.1, 0.15) is 24.2 Å². The second kappa shape index (κ2) is 9.89. The van der Waals surface area contributed by atoms with Gasteiger partial charge in [-0.25, -0.2) is 0 Å². The molecule has 5 heteroatoms.